The summed E-state index contributed by atoms with van der Waals surface area (Å²) < 4.78 is 15.3. The van der Waals surface area contributed by atoms with E-state index in [-0.39, 0.29) is 53.6 Å². The summed E-state index contributed by atoms with van der Waals surface area (Å²) in [6, 6.07) is 14.4. The molecule has 6 atom stereocenters. The van der Waals surface area contributed by atoms with Gasteiger partial charge < -0.3 is 59.8 Å². The van der Waals surface area contributed by atoms with Gasteiger partial charge in [0.1, 0.15) is 35.6 Å². The van der Waals surface area contributed by atoms with Gasteiger partial charge in [0, 0.05) is 30.8 Å². The summed E-state index contributed by atoms with van der Waals surface area (Å²) in [6.07, 6.45) is 14.2. The lowest BCUT2D eigenvalue weighted by molar-refractivity contribution is -0.136. The highest BCUT2D eigenvalue weighted by Gasteiger charge is 2.41. The number of hydrogen-bond acceptors (Lipinski definition) is 14. The Bertz CT molecular complexity index is 3710. The fraction of sp³-hybridized carbons (Fsp3) is 0.463. The zero-order valence-electron chi connectivity index (χ0n) is 53.6. The predicted octanol–water partition coefficient (Wildman–Crippen LogP) is 11.5. The number of aromatic nitrogens is 7. The highest BCUT2D eigenvalue weighted by Crippen LogP contribution is 2.39. The molecule has 4 aromatic heterocycles. The van der Waals surface area contributed by atoms with Crippen molar-refractivity contribution < 1.29 is 43.0 Å². The van der Waals surface area contributed by atoms with Crippen LogP contribution in [0.2, 0.25) is 0 Å². The van der Waals surface area contributed by atoms with Gasteiger partial charge in [-0.15, -0.1) is 11.3 Å². The summed E-state index contributed by atoms with van der Waals surface area (Å²) in [5.74, 6) is 1.85. The van der Waals surface area contributed by atoms with E-state index >= 15 is 0 Å². The normalized spacial score (nSPS) is 17.8. The molecular weight excluding hydrogens is 1160 g/mol. The van der Waals surface area contributed by atoms with Crippen molar-refractivity contribution in [2.45, 2.75) is 144 Å². The monoisotopic (exact) mass is 1250 g/mol. The minimum Gasteiger partial charge on any atom is -0.453 e. The maximum Gasteiger partial charge on any atom is 0.407 e. The molecule has 3 fully saturated rings. The number of ether oxygens (including phenoxy) is 3. The largest absolute Gasteiger partial charge is 0.453 e. The first-order chi connectivity index (χ1) is 43.2. The molecule has 6 amide bonds. The Kier molecular flexibility index (Phi) is 21.3. The van der Waals surface area contributed by atoms with Gasteiger partial charge in [-0.1, -0.05) is 108 Å². The quantitative estimate of drug-likeness (QED) is 0.0522. The van der Waals surface area contributed by atoms with Crippen molar-refractivity contribution in [1.82, 2.24) is 65.5 Å². The van der Waals surface area contributed by atoms with Crippen molar-refractivity contribution in [3.8, 4) is 33.8 Å². The summed E-state index contributed by atoms with van der Waals surface area (Å²) >= 11 is 1.63. The molecule has 7 aromatic rings. The second-order valence-electron chi connectivity index (χ2n) is 24.4. The molecule has 7 heterocycles. The lowest BCUT2D eigenvalue weighted by atomic mass is 9.97. The number of carbonyl (C=O) groups excluding carboxylic acids is 6. The Morgan fingerprint density at radius 2 is 0.944 bits per heavy atom. The first kappa shape index (κ1) is 65.6. The van der Waals surface area contributed by atoms with Crippen molar-refractivity contribution >= 4 is 63.6 Å². The lowest BCUT2D eigenvalue weighted by Gasteiger charge is -2.30. The Morgan fingerprint density at radius 3 is 1.39 bits per heavy atom. The summed E-state index contributed by atoms with van der Waals surface area (Å²) in [4.78, 5) is 109. The van der Waals surface area contributed by atoms with Crippen LogP contribution in [-0.4, -0.2) is 145 Å². The number of nitrogens with zero attached hydrogens (tertiary/aromatic N) is 7. The summed E-state index contributed by atoms with van der Waals surface area (Å²) in [5, 5.41) is 8.04. The first-order valence-corrected chi connectivity index (χ1v) is 31.9. The number of aryl methyl sites for hydroxylation is 3. The molecule has 3 aliphatic heterocycles. The summed E-state index contributed by atoms with van der Waals surface area (Å²) in [7, 11) is 3.90. The van der Waals surface area contributed by atoms with Crippen LogP contribution in [0, 0.1) is 38.5 Å². The lowest BCUT2D eigenvalue weighted by Crippen LogP contribution is -2.51. The van der Waals surface area contributed by atoms with E-state index in [0.717, 1.165) is 102 Å². The first-order valence-electron chi connectivity index (χ1n) is 31.0. The van der Waals surface area contributed by atoms with E-state index in [1.54, 1.807) is 11.3 Å². The van der Waals surface area contributed by atoms with Crippen LogP contribution in [0.3, 0.4) is 0 Å². The van der Waals surface area contributed by atoms with E-state index in [0.29, 0.717) is 19.6 Å². The minimum atomic E-state index is -0.644. The summed E-state index contributed by atoms with van der Waals surface area (Å²) in [5.41, 5.74) is 15.1. The second-order valence-corrected chi connectivity index (χ2v) is 25.3. The second kappa shape index (κ2) is 29.2. The van der Waals surface area contributed by atoms with E-state index in [9.17, 15) is 28.8 Å². The molecule has 3 aromatic carbocycles. The number of nitrogens with one attached hydrogen (secondary N) is 6. The number of aromatic amines is 3. The average Bonchev–Trinajstić information content (AvgIpc) is 2.51. The zero-order valence-corrected chi connectivity index (χ0v) is 54.4. The predicted molar refractivity (Wildman–Crippen MR) is 346 cm³/mol. The van der Waals surface area contributed by atoms with Crippen LogP contribution >= 0.6 is 11.3 Å². The third kappa shape index (κ3) is 14.6. The van der Waals surface area contributed by atoms with Gasteiger partial charge in [0.2, 0.25) is 17.7 Å². The Hall–Kier alpha value is -8.86. The molecule has 90 heavy (non-hydrogen) atoms. The number of thiazole rings is 1. The van der Waals surface area contributed by atoms with Crippen molar-refractivity contribution in [3.63, 3.8) is 0 Å². The molecule has 23 heteroatoms. The molecule has 0 spiro atoms. The number of imidazole rings is 3. The topological polar surface area (TPSA) is 275 Å². The molecule has 0 unspecified atom stereocenters. The van der Waals surface area contributed by atoms with E-state index in [1.807, 2.05) is 80.3 Å². The van der Waals surface area contributed by atoms with E-state index in [1.165, 1.54) is 53.8 Å². The fourth-order valence-electron chi connectivity index (χ4n) is 12.3. The maximum atomic E-state index is 13.3. The van der Waals surface area contributed by atoms with Crippen molar-refractivity contribution in [2.75, 3.05) is 41.0 Å². The van der Waals surface area contributed by atoms with E-state index in [2.05, 4.69) is 137 Å². The van der Waals surface area contributed by atoms with Gasteiger partial charge in [-0.25, -0.2) is 34.3 Å². The number of rotatable bonds is 15. The Balaban J connectivity index is 0.000000160. The van der Waals surface area contributed by atoms with Crippen LogP contribution in [0.25, 0.3) is 50.1 Å². The number of methoxy groups -OCH3 is 3. The molecule has 4 aliphatic rings. The van der Waals surface area contributed by atoms with Crippen LogP contribution in [-0.2, 0) is 35.0 Å². The Morgan fingerprint density at radius 1 is 0.533 bits per heavy atom. The molecule has 3 saturated heterocycles. The number of H-pyrrole nitrogens is 3. The third-order valence-electron chi connectivity index (χ3n) is 17.3. The van der Waals surface area contributed by atoms with Gasteiger partial charge in [-0.05, 0) is 111 Å². The van der Waals surface area contributed by atoms with Crippen molar-refractivity contribution in [3.05, 3.63) is 124 Å². The van der Waals surface area contributed by atoms with Gasteiger partial charge in [0.15, 0.2) is 0 Å². The molecule has 22 nitrogen and oxygen atoms in total. The molecule has 478 valence electrons. The highest BCUT2D eigenvalue weighted by molar-refractivity contribution is 7.17. The van der Waals surface area contributed by atoms with Crippen LogP contribution in [0.4, 0.5) is 14.4 Å². The molecule has 11 rings (SSSR count). The van der Waals surface area contributed by atoms with Crippen LogP contribution in [0.15, 0.2) is 78.7 Å². The number of amides is 6. The molecule has 0 bridgehead atoms. The number of hydrogen-bond donors (Lipinski definition) is 6. The zero-order chi connectivity index (χ0) is 64.5. The number of likely N-dealkylation sites (tertiary alicyclic amines) is 3. The van der Waals surface area contributed by atoms with Gasteiger partial charge in [-0.3, -0.25) is 14.4 Å². The van der Waals surface area contributed by atoms with E-state index in [4.69, 9.17) is 9.47 Å². The number of fused-ring (bicyclic) bond motifs is 2. The maximum absolute atomic E-state index is 13.3. The van der Waals surface area contributed by atoms with Crippen molar-refractivity contribution in [2.24, 2.45) is 17.8 Å². The highest BCUT2D eigenvalue weighted by atomic mass is 32.1. The van der Waals surface area contributed by atoms with Gasteiger partial charge in [0.05, 0.1) is 90.9 Å². The SMILES string of the molecule is COC(=O)N[C@H](C(=O)N1CCC[C@H]1c1ncc(-c2ccc(C)c3c2C=CC3)[nH]1)C(C)C.COC(=O)N[C@H](C(=O)N1CCC[C@H]1c1ncc(-c2ccc(C)c3scnc23)[nH]1)C(C)C.COC(=O)N[C@H](C(=O)N1CCC[C@H]1c1ncc(-c2ccc(C)cc2)[nH]1)C(C)C. The third-order valence-corrected chi connectivity index (χ3v) is 18.3. The molecule has 0 radical (unpaired) electrons. The number of carbonyl (C=O) groups is 6. The smallest absolute Gasteiger partial charge is 0.407 e. The molecule has 6 N–H and O–H groups in total. The van der Waals surface area contributed by atoms with Gasteiger partial charge in [-0.2, -0.15) is 0 Å². The standard InChI is InChI=1S/C24H30N4O3.C22H27N5O3S.C21H28N4O3/c1-14(2)21(27-24(30)31-4)23(29)28-12-6-9-20(28)22-25-13-19(26-22)18-11-10-15(3)16-7-5-8-17(16)18;1-12(2)17(26-22(29)30-4)21(28)27-9-5-6-16(27)20-23-10-15(25-20)14-8-7-13(3)19-18(14)24-11-31-19;1-13(2)18(24-21(27)28-4)20(26)25-11-5-6-17(25)19-22-12-16(23-19)15-9-7-14(3)8-10-15/h5,8,10-11,13-14,20-21H,6-7,9,12H2,1-4H3,(H,25,26)(H,27,30);7-8,10-12,16-17H,5-6,9H2,1-4H3,(H,23,25)(H,26,29);7-10,12-13,17-18H,5-6,11H2,1-4H3,(H,22,23)(H,24,27)/t20-,21-;16-,17-;17-,18-/m000/s1. The van der Waals surface area contributed by atoms with Gasteiger partial charge >= 0.3 is 18.3 Å². The summed E-state index contributed by atoms with van der Waals surface area (Å²) in [6.45, 7) is 19.7. The van der Waals surface area contributed by atoms with Crippen LogP contribution in [0.5, 0.6) is 0 Å². The van der Waals surface area contributed by atoms with Crippen LogP contribution in [0.1, 0.15) is 143 Å². The number of benzene rings is 3. The Labute approximate surface area is 529 Å². The van der Waals surface area contributed by atoms with Crippen LogP contribution < -0.4 is 16.0 Å². The number of allylic oxidation sites excluding steroid dienone is 1. The van der Waals surface area contributed by atoms with E-state index < -0.39 is 36.4 Å². The molecular formula is C67H85N13O9S. The fourth-order valence-corrected chi connectivity index (χ4v) is 13.1. The molecule has 0 saturated carbocycles. The van der Waals surface area contributed by atoms with Gasteiger partial charge in [0.25, 0.3) is 0 Å². The molecule has 1 aliphatic carbocycles. The van der Waals surface area contributed by atoms with Crippen molar-refractivity contribution in [1.29, 1.82) is 0 Å². The minimum absolute atomic E-state index is 0.0485. The average molecular weight is 1250 g/mol. The number of alkyl carbamates (subject to hydrolysis) is 3.